The van der Waals surface area contributed by atoms with Crippen molar-refractivity contribution in [2.24, 2.45) is 5.41 Å². The van der Waals surface area contributed by atoms with Crippen LogP contribution in [0, 0.1) is 5.41 Å². The first kappa shape index (κ1) is 61.7. The van der Waals surface area contributed by atoms with Gasteiger partial charge in [-0.25, -0.2) is 18.3 Å². The van der Waals surface area contributed by atoms with Crippen molar-refractivity contribution < 1.29 is 132 Å². The summed E-state index contributed by atoms with van der Waals surface area (Å²) in [6.45, 7) is -4.24. The quantitative estimate of drug-likeness (QED) is 0.0266. The Hall–Kier alpha value is -0.350. The van der Waals surface area contributed by atoms with Gasteiger partial charge in [0.05, 0.1) is 103 Å². The Morgan fingerprint density at radius 3 is 0.839 bits per heavy atom. The topological polar surface area (TPSA) is 260 Å². The lowest BCUT2D eigenvalue weighted by atomic mass is 9.92. The summed E-state index contributed by atoms with van der Waals surface area (Å²) in [6.07, 6.45) is -19.4. The fourth-order valence-corrected chi connectivity index (χ4v) is 7.23. The van der Waals surface area contributed by atoms with Gasteiger partial charge in [0.1, 0.15) is 0 Å². The van der Waals surface area contributed by atoms with Gasteiger partial charge < -0.3 is 38.5 Å². The van der Waals surface area contributed by atoms with E-state index in [1.807, 2.05) is 0 Å². The van der Waals surface area contributed by atoms with Crippen LogP contribution in [0.3, 0.4) is 0 Å². The Kier molecular flexibility index (Phi) is 29.9. The van der Waals surface area contributed by atoms with Crippen molar-refractivity contribution in [2.45, 2.75) is 83.4 Å². The lowest BCUT2D eigenvalue weighted by Crippen LogP contribution is -2.42. The predicted molar refractivity (Wildman–Crippen MR) is 193 cm³/mol. The molecule has 0 saturated heterocycles. The van der Waals surface area contributed by atoms with E-state index in [0.29, 0.717) is 0 Å². The van der Waals surface area contributed by atoms with Gasteiger partial charge in [-0.15, -0.1) is 0 Å². The van der Waals surface area contributed by atoms with Crippen molar-refractivity contribution in [1.82, 2.24) is 0 Å². The molecule has 62 heavy (non-hydrogen) atoms. The second-order valence-corrected chi connectivity index (χ2v) is 18.8. The normalized spacial score (nSPS) is 17.9. The van der Waals surface area contributed by atoms with Crippen LogP contribution in [0.5, 0.6) is 0 Å². The summed E-state index contributed by atoms with van der Waals surface area (Å²) in [5.41, 5.74) is -1.30. The third kappa shape index (κ3) is 38.9. The molecule has 4 N–H and O–H groups in total. The summed E-state index contributed by atoms with van der Waals surface area (Å²) < 4.78 is 218. The van der Waals surface area contributed by atoms with E-state index in [1.165, 1.54) is 13.8 Å². The van der Waals surface area contributed by atoms with Gasteiger partial charge in [0.25, 0.3) is 0 Å². The van der Waals surface area contributed by atoms with E-state index in [4.69, 9.17) is 28.0 Å². The van der Waals surface area contributed by atoms with E-state index in [1.54, 1.807) is 0 Å². The van der Waals surface area contributed by atoms with Crippen molar-refractivity contribution in [2.75, 3.05) is 99.1 Å². The molecule has 0 spiro atoms. The highest BCUT2D eigenvalue weighted by Gasteiger charge is 2.35. The zero-order chi connectivity index (χ0) is 47.6. The second-order valence-electron chi connectivity index (χ2n) is 13.1. The molecule has 0 bridgehead atoms. The van der Waals surface area contributed by atoms with Crippen LogP contribution in [0.4, 0.5) is 39.5 Å². The molecule has 4 unspecified atom stereocenters. The average Bonchev–Trinajstić information content (AvgIpc) is 3.08. The molecule has 0 aromatic rings. The number of ether oxygens (including phenoxy) is 4. The average molecular weight is 1020 g/mol. The molecule has 33 heteroatoms. The monoisotopic (exact) mass is 1020 g/mol. The zero-order valence-electron chi connectivity index (χ0n) is 33.6. The van der Waals surface area contributed by atoms with Crippen molar-refractivity contribution in [3.8, 4) is 0 Å². The van der Waals surface area contributed by atoms with Gasteiger partial charge in [-0.3, -0.25) is 36.2 Å². The smallest absolute Gasteiger partial charge is 0.381 e. The molecule has 4 atom stereocenters. The van der Waals surface area contributed by atoms with Crippen molar-refractivity contribution in [1.29, 1.82) is 0 Å². The molecule has 374 valence electrons. The molecule has 0 aromatic carbocycles. The highest BCUT2D eigenvalue weighted by atomic mass is 31.2. The maximum Gasteiger partial charge on any atom is 0.472 e. The van der Waals surface area contributed by atoms with Crippen LogP contribution in [0.2, 0.25) is 0 Å². The number of rotatable bonds is 39. The van der Waals surface area contributed by atoms with E-state index >= 15 is 0 Å². The van der Waals surface area contributed by atoms with E-state index in [-0.39, 0.29) is 85.1 Å². The molecule has 0 saturated carbocycles. The standard InChI is InChI=1S/C29H55F9O20P4/c1-25(2)58-62(45,46)54-17-6-13-50-24-26(21-47-10-3-14-51-59(39,40)55-18-7-27(30,31)32,22-48-11-4-15-52-60(41,42)56-19-8-28(33,34)35)23-49-12-5-16-53-61(43,44)57-20-9-29(36,37)38/h25H,3-24H2,1-2H3,(H,39,40)(H,41,42)(H,43,44)(H,45,46). The van der Waals surface area contributed by atoms with Crippen molar-refractivity contribution >= 4 is 31.3 Å². The molecule has 0 rings (SSSR count). The molecule has 0 aromatic heterocycles. The maximum atomic E-state index is 12.3. The third-order valence-corrected chi connectivity index (χ3v) is 10.9. The number of hydrogen-bond acceptors (Lipinski definition) is 16. The lowest BCUT2D eigenvalue weighted by molar-refractivity contribution is -0.141. The molecule has 0 aliphatic carbocycles. The van der Waals surface area contributed by atoms with Crippen LogP contribution in [0.15, 0.2) is 0 Å². The van der Waals surface area contributed by atoms with E-state index in [0.717, 1.165) is 0 Å². The summed E-state index contributed by atoms with van der Waals surface area (Å²) >= 11 is 0. The van der Waals surface area contributed by atoms with Gasteiger partial charge in [-0.2, -0.15) is 39.5 Å². The third-order valence-electron chi connectivity index (χ3n) is 6.65. The fourth-order valence-electron chi connectivity index (χ4n) is 4.01. The Balaban J connectivity index is 5.64. The lowest BCUT2D eigenvalue weighted by Gasteiger charge is -2.33. The van der Waals surface area contributed by atoms with Crippen LogP contribution >= 0.6 is 31.3 Å². The van der Waals surface area contributed by atoms with Crippen molar-refractivity contribution in [3.63, 3.8) is 0 Å². The van der Waals surface area contributed by atoms with E-state index in [2.05, 4.69) is 27.1 Å². The number of alkyl halides is 9. The number of halogens is 9. The van der Waals surface area contributed by atoms with Gasteiger partial charge in [0, 0.05) is 26.4 Å². The molecular weight excluding hydrogens is 963 g/mol. The molecule has 0 fully saturated rings. The molecule has 20 nitrogen and oxygen atoms in total. The first-order chi connectivity index (χ1) is 28.4. The first-order valence-corrected chi connectivity index (χ1v) is 24.4. The summed E-state index contributed by atoms with van der Waals surface area (Å²) in [6, 6.07) is 0. The number of phosphoric ester groups is 4. The van der Waals surface area contributed by atoms with Gasteiger partial charge in [-0.1, -0.05) is 0 Å². The SMILES string of the molecule is CC(C)OP(=O)(O)OCCCOCC(COCCCOP(=O)(O)OCCC(F)(F)F)(COCCCOP(=O)(O)OCCC(F)(F)F)COCCCOP(=O)(O)OCCC(F)(F)F. The second kappa shape index (κ2) is 30.1. The Morgan fingerprint density at radius 2 is 0.613 bits per heavy atom. The fraction of sp³-hybridized carbons (Fsp3) is 1.00. The van der Waals surface area contributed by atoms with Crippen LogP contribution in [-0.4, -0.2) is 143 Å². The summed E-state index contributed by atoms with van der Waals surface area (Å²) in [5.74, 6) is 0. The summed E-state index contributed by atoms with van der Waals surface area (Å²) in [5, 5.41) is 0. The van der Waals surface area contributed by atoms with Crippen LogP contribution in [0.1, 0.15) is 58.8 Å². The molecule has 0 heterocycles. The Bertz CT molecular complexity index is 1270. The minimum Gasteiger partial charge on any atom is -0.381 e. The molecule has 0 amide bonds. The molecule has 0 aliphatic rings. The molecule has 0 aliphatic heterocycles. The van der Waals surface area contributed by atoms with Gasteiger partial charge in [0.15, 0.2) is 0 Å². The minimum atomic E-state index is -4.86. The summed E-state index contributed by atoms with van der Waals surface area (Å²) in [7, 11) is -18.9. The van der Waals surface area contributed by atoms with Gasteiger partial charge >= 0.3 is 49.8 Å². The largest absolute Gasteiger partial charge is 0.472 e. The molecule has 0 radical (unpaired) electrons. The van der Waals surface area contributed by atoms with E-state index < -0.39 is 120 Å². The zero-order valence-corrected chi connectivity index (χ0v) is 37.2. The minimum absolute atomic E-state index is 0.0431. The highest BCUT2D eigenvalue weighted by molar-refractivity contribution is 7.48. The Labute approximate surface area is 351 Å². The Morgan fingerprint density at radius 1 is 0.387 bits per heavy atom. The highest BCUT2D eigenvalue weighted by Crippen LogP contribution is 2.46. The van der Waals surface area contributed by atoms with Crippen molar-refractivity contribution in [3.05, 3.63) is 0 Å². The van der Waals surface area contributed by atoms with Gasteiger partial charge in [-0.05, 0) is 39.5 Å². The first-order valence-electron chi connectivity index (χ1n) is 18.4. The summed E-state index contributed by atoms with van der Waals surface area (Å²) in [4.78, 5) is 38.6. The van der Waals surface area contributed by atoms with Crippen LogP contribution in [-0.2, 0) is 73.4 Å². The predicted octanol–water partition coefficient (Wildman–Crippen LogP) is 7.40. The van der Waals surface area contributed by atoms with Gasteiger partial charge in [0.2, 0.25) is 0 Å². The molecular formula is C29H55F9O20P4. The van der Waals surface area contributed by atoms with Crippen LogP contribution < -0.4 is 0 Å². The maximum absolute atomic E-state index is 12.3. The number of hydrogen-bond donors (Lipinski definition) is 4. The number of phosphoric acid groups is 4. The van der Waals surface area contributed by atoms with E-state index in [9.17, 15) is 77.3 Å². The van der Waals surface area contributed by atoms with Crippen LogP contribution in [0.25, 0.3) is 0 Å².